The number of fused-ring (bicyclic) bond motifs is 1. The summed E-state index contributed by atoms with van der Waals surface area (Å²) in [6.07, 6.45) is 0. The third-order valence-electron chi connectivity index (χ3n) is 2.78. The van der Waals surface area contributed by atoms with Crippen LogP contribution in [-0.4, -0.2) is 15.9 Å². The predicted octanol–water partition coefficient (Wildman–Crippen LogP) is 3.09. The van der Waals surface area contributed by atoms with Crippen LogP contribution in [-0.2, 0) is 4.79 Å². The second-order valence-electron chi connectivity index (χ2n) is 4.41. The van der Waals surface area contributed by atoms with Gasteiger partial charge in [-0.15, -0.1) is 0 Å². The lowest BCUT2D eigenvalue weighted by atomic mass is 10.3. The Bertz CT molecular complexity index is 755. The molecule has 0 atom stereocenters. The molecule has 19 heavy (non-hydrogen) atoms. The Balaban J connectivity index is 2.03. The molecular formula is C14H13N3O2. The predicted molar refractivity (Wildman–Crippen MR) is 72.8 cm³/mol. The van der Waals surface area contributed by atoms with Crippen LogP contribution in [0.1, 0.15) is 12.7 Å². The zero-order valence-corrected chi connectivity index (χ0v) is 10.7. The molecule has 3 aromatic rings. The molecule has 96 valence electrons. The lowest BCUT2D eigenvalue weighted by Gasteiger charge is -2.00. The summed E-state index contributed by atoms with van der Waals surface area (Å²) in [7, 11) is 0. The minimum absolute atomic E-state index is 0.0965. The molecule has 5 nitrogen and oxygen atoms in total. The number of furan rings is 1. The Labute approximate surface area is 109 Å². The number of carbonyl (C=O) groups excluding carboxylic acids is 1. The van der Waals surface area contributed by atoms with Crippen LogP contribution in [0.2, 0.25) is 0 Å². The van der Waals surface area contributed by atoms with Gasteiger partial charge in [-0.25, -0.2) is 4.98 Å². The average molecular weight is 255 g/mol. The molecule has 0 bridgehead atoms. The number of benzene rings is 1. The first-order valence-electron chi connectivity index (χ1n) is 5.96. The van der Waals surface area contributed by atoms with E-state index in [1.165, 1.54) is 6.92 Å². The van der Waals surface area contributed by atoms with Crippen molar-refractivity contribution in [1.29, 1.82) is 0 Å². The molecule has 3 rings (SSSR count). The molecule has 0 aliphatic carbocycles. The number of imidazole rings is 1. The molecular weight excluding hydrogens is 242 g/mol. The summed E-state index contributed by atoms with van der Waals surface area (Å²) in [6.45, 7) is 3.37. The number of aromatic amines is 1. The molecule has 5 heteroatoms. The van der Waals surface area contributed by atoms with E-state index in [0.29, 0.717) is 11.6 Å². The van der Waals surface area contributed by atoms with E-state index in [1.807, 2.05) is 37.3 Å². The molecule has 2 aromatic heterocycles. The lowest BCUT2D eigenvalue weighted by molar-refractivity contribution is -0.114. The monoisotopic (exact) mass is 255 g/mol. The van der Waals surface area contributed by atoms with Crippen molar-refractivity contribution < 1.29 is 9.21 Å². The van der Waals surface area contributed by atoms with E-state index < -0.39 is 0 Å². The van der Waals surface area contributed by atoms with E-state index in [1.54, 1.807) is 0 Å². The van der Waals surface area contributed by atoms with Crippen LogP contribution in [0.15, 0.2) is 34.7 Å². The van der Waals surface area contributed by atoms with Gasteiger partial charge in [-0.1, -0.05) is 0 Å². The summed E-state index contributed by atoms with van der Waals surface area (Å²) < 4.78 is 5.53. The Hall–Kier alpha value is -2.56. The summed E-state index contributed by atoms with van der Waals surface area (Å²) in [6, 6.07) is 9.30. The molecule has 0 aliphatic rings. The molecule has 0 unspecified atom stereocenters. The van der Waals surface area contributed by atoms with Crippen molar-refractivity contribution in [1.82, 2.24) is 9.97 Å². The maximum absolute atomic E-state index is 11.0. The molecule has 2 heterocycles. The zero-order valence-electron chi connectivity index (χ0n) is 10.7. The number of H-pyrrole nitrogens is 1. The maximum Gasteiger partial charge on any atom is 0.221 e. The minimum atomic E-state index is -0.0965. The van der Waals surface area contributed by atoms with Gasteiger partial charge >= 0.3 is 0 Å². The van der Waals surface area contributed by atoms with Crippen molar-refractivity contribution >= 4 is 22.6 Å². The topological polar surface area (TPSA) is 70.9 Å². The smallest absolute Gasteiger partial charge is 0.221 e. The standard InChI is InChI=1S/C14H13N3O2/c1-8-3-6-13(19-8)14-16-11-5-4-10(15-9(2)18)7-12(11)17-14/h3-7H,1-2H3,(H,15,18)(H,16,17). The molecule has 0 fully saturated rings. The van der Waals surface area contributed by atoms with Crippen molar-refractivity contribution in [2.75, 3.05) is 5.32 Å². The van der Waals surface area contributed by atoms with Gasteiger partial charge in [0.2, 0.25) is 5.91 Å². The van der Waals surface area contributed by atoms with E-state index in [-0.39, 0.29) is 5.91 Å². The van der Waals surface area contributed by atoms with Gasteiger partial charge in [0.1, 0.15) is 5.76 Å². The van der Waals surface area contributed by atoms with E-state index in [0.717, 1.165) is 22.5 Å². The maximum atomic E-state index is 11.0. The Morgan fingerprint density at radius 1 is 1.32 bits per heavy atom. The van der Waals surface area contributed by atoms with Crippen LogP contribution in [0.3, 0.4) is 0 Å². The number of hydrogen-bond acceptors (Lipinski definition) is 3. The van der Waals surface area contributed by atoms with Crippen molar-refractivity contribution in [2.24, 2.45) is 0 Å². The number of nitrogens with one attached hydrogen (secondary N) is 2. The minimum Gasteiger partial charge on any atom is -0.458 e. The van der Waals surface area contributed by atoms with Gasteiger partial charge < -0.3 is 14.7 Å². The number of aryl methyl sites for hydroxylation is 1. The Morgan fingerprint density at radius 3 is 2.84 bits per heavy atom. The molecule has 0 radical (unpaired) electrons. The SMILES string of the molecule is CC(=O)Nc1ccc2nc(-c3ccc(C)o3)[nH]c2c1. The fourth-order valence-corrected chi connectivity index (χ4v) is 1.97. The molecule has 0 spiro atoms. The summed E-state index contributed by atoms with van der Waals surface area (Å²) in [5, 5.41) is 2.74. The van der Waals surface area contributed by atoms with Gasteiger partial charge in [0.15, 0.2) is 11.6 Å². The first-order valence-corrected chi connectivity index (χ1v) is 5.96. The number of hydrogen-bond donors (Lipinski definition) is 2. The number of amides is 1. The summed E-state index contributed by atoms with van der Waals surface area (Å²) in [5.41, 5.74) is 2.43. The highest BCUT2D eigenvalue weighted by molar-refractivity contribution is 5.91. The summed E-state index contributed by atoms with van der Waals surface area (Å²) >= 11 is 0. The van der Waals surface area contributed by atoms with Crippen molar-refractivity contribution in [3.8, 4) is 11.6 Å². The van der Waals surface area contributed by atoms with Crippen LogP contribution in [0.5, 0.6) is 0 Å². The molecule has 2 N–H and O–H groups in total. The van der Waals surface area contributed by atoms with Gasteiger partial charge in [0.25, 0.3) is 0 Å². The van der Waals surface area contributed by atoms with E-state index >= 15 is 0 Å². The van der Waals surface area contributed by atoms with Gasteiger partial charge in [-0.05, 0) is 37.3 Å². The lowest BCUT2D eigenvalue weighted by Crippen LogP contribution is -2.05. The molecule has 0 saturated heterocycles. The van der Waals surface area contributed by atoms with Gasteiger partial charge in [0.05, 0.1) is 11.0 Å². The number of nitrogens with zero attached hydrogens (tertiary/aromatic N) is 1. The summed E-state index contributed by atoms with van der Waals surface area (Å²) in [5.74, 6) is 2.13. The van der Waals surface area contributed by atoms with E-state index in [2.05, 4.69) is 15.3 Å². The van der Waals surface area contributed by atoms with Crippen LogP contribution >= 0.6 is 0 Å². The summed E-state index contributed by atoms with van der Waals surface area (Å²) in [4.78, 5) is 18.7. The third kappa shape index (κ3) is 2.22. The van der Waals surface area contributed by atoms with Crippen LogP contribution in [0, 0.1) is 6.92 Å². The highest BCUT2D eigenvalue weighted by atomic mass is 16.3. The van der Waals surface area contributed by atoms with Crippen LogP contribution in [0.4, 0.5) is 5.69 Å². The molecule has 1 aromatic carbocycles. The zero-order chi connectivity index (χ0) is 13.4. The quantitative estimate of drug-likeness (QED) is 0.739. The normalized spacial score (nSPS) is 10.8. The van der Waals surface area contributed by atoms with Crippen LogP contribution < -0.4 is 5.32 Å². The molecule has 0 aliphatic heterocycles. The van der Waals surface area contributed by atoms with E-state index in [9.17, 15) is 4.79 Å². The largest absolute Gasteiger partial charge is 0.458 e. The highest BCUT2D eigenvalue weighted by Gasteiger charge is 2.09. The molecule has 0 saturated carbocycles. The first kappa shape index (κ1) is 11.5. The first-order chi connectivity index (χ1) is 9.11. The van der Waals surface area contributed by atoms with Gasteiger partial charge in [0, 0.05) is 12.6 Å². The van der Waals surface area contributed by atoms with Crippen molar-refractivity contribution in [3.63, 3.8) is 0 Å². The van der Waals surface area contributed by atoms with Gasteiger partial charge in [-0.2, -0.15) is 0 Å². The Morgan fingerprint density at radius 2 is 2.16 bits per heavy atom. The number of aromatic nitrogens is 2. The highest BCUT2D eigenvalue weighted by Crippen LogP contribution is 2.24. The van der Waals surface area contributed by atoms with Crippen LogP contribution in [0.25, 0.3) is 22.6 Å². The second-order valence-corrected chi connectivity index (χ2v) is 4.41. The fraction of sp³-hybridized carbons (Fsp3) is 0.143. The van der Waals surface area contributed by atoms with Gasteiger partial charge in [-0.3, -0.25) is 4.79 Å². The average Bonchev–Trinajstić information content (AvgIpc) is 2.93. The Kier molecular flexibility index (Phi) is 2.59. The second kappa shape index (κ2) is 4.28. The fourth-order valence-electron chi connectivity index (χ4n) is 1.97. The van der Waals surface area contributed by atoms with E-state index in [4.69, 9.17) is 4.42 Å². The number of anilines is 1. The van der Waals surface area contributed by atoms with Crippen molar-refractivity contribution in [3.05, 3.63) is 36.1 Å². The number of carbonyl (C=O) groups is 1. The molecule has 1 amide bonds. The van der Waals surface area contributed by atoms with Crippen molar-refractivity contribution in [2.45, 2.75) is 13.8 Å². The third-order valence-corrected chi connectivity index (χ3v) is 2.78. The number of rotatable bonds is 2.